The summed E-state index contributed by atoms with van der Waals surface area (Å²) in [5.74, 6) is -1.29. The molecule has 6 nitrogen and oxygen atoms in total. The minimum atomic E-state index is -1.13. The molecule has 1 N–H and O–H groups in total. The smallest absolute Gasteiger partial charge is 0.336 e. The minimum absolute atomic E-state index is 0.00327. The fourth-order valence-electron chi connectivity index (χ4n) is 3.38. The molecular formula is C19H20FN3O3. The highest BCUT2D eigenvalue weighted by atomic mass is 19.1. The van der Waals surface area contributed by atoms with E-state index < -0.39 is 11.8 Å². The molecule has 1 aliphatic rings. The maximum absolute atomic E-state index is 13.6. The van der Waals surface area contributed by atoms with Crippen LogP contribution in [0.3, 0.4) is 0 Å². The molecule has 1 amide bonds. The molecular weight excluding hydrogens is 337 g/mol. The summed E-state index contributed by atoms with van der Waals surface area (Å²) in [7, 11) is 0. The number of likely N-dealkylation sites (tertiary alicyclic amines) is 1. The summed E-state index contributed by atoms with van der Waals surface area (Å²) < 4.78 is 13.6. The summed E-state index contributed by atoms with van der Waals surface area (Å²) in [6.45, 7) is 3.05. The SMILES string of the molecule is CC(=O)N1CCC[C@@H](Cc2cc(-c3cc(F)ccc3C(=O)O)ncn2)C1. The van der Waals surface area contributed by atoms with E-state index in [2.05, 4.69) is 9.97 Å². The number of hydrogen-bond acceptors (Lipinski definition) is 4. The van der Waals surface area contributed by atoms with E-state index in [9.17, 15) is 19.1 Å². The molecule has 7 heteroatoms. The fourth-order valence-corrected chi connectivity index (χ4v) is 3.38. The Hall–Kier alpha value is -2.83. The van der Waals surface area contributed by atoms with Gasteiger partial charge < -0.3 is 10.0 Å². The first-order valence-electron chi connectivity index (χ1n) is 8.53. The number of carboxylic acids is 1. The highest BCUT2D eigenvalue weighted by molar-refractivity contribution is 5.95. The second-order valence-corrected chi connectivity index (χ2v) is 6.57. The standard InChI is InChI=1S/C19H20FN3O3/c1-12(24)23-6-2-3-13(10-23)7-15-9-18(22-11-21-15)17-8-14(20)4-5-16(17)19(25)26/h4-5,8-9,11,13H,2-3,6-7,10H2,1H3,(H,25,26)/t13-/m0/s1. The topological polar surface area (TPSA) is 83.4 Å². The molecule has 3 rings (SSSR count). The number of aromatic nitrogens is 2. The molecule has 1 aromatic carbocycles. The van der Waals surface area contributed by atoms with Gasteiger partial charge in [-0.2, -0.15) is 0 Å². The van der Waals surface area contributed by atoms with Gasteiger partial charge >= 0.3 is 5.97 Å². The zero-order valence-electron chi connectivity index (χ0n) is 14.5. The van der Waals surface area contributed by atoms with Gasteiger partial charge in [0.2, 0.25) is 5.91 Å². The van der Waals surface area contributed by atoms with Gasteiger partial charge in [0.1, 0.15) is 12.1 Å². The van der Waals surface area contributed by atoms with E-state index in [-0.39, 0.29) is 17.0 Å². The predicted molar refractivity (Wildman–Crippen MR) is 93.1 cm³/mol. The molecule has 1 saturated heterocycles. The maximum Gasteiger partial charge on any atom is 0.336 e. The number of carbonyl (C=O) groups excluding carboxylic acids is 1. The maximum atomic E-state index is 13.6. The molecule has 1 aliphatic heterocycles. The van der Waals surface area contributed by atoms with Crippen LogP contribution in [0.15, 0.2) is 30.6 Å². The molecule has 0 spiro atoms. The summed E-state index contributed by atoms with van der Waals surface area (Å²) in [4.78, 5) is 33.2. The van der Waals surface area contributed by atoms with Crippen molar-refractivity contribution in [3.8, 4) is 11.3 Å². The summed E-state index contributed by atoms with van der Waals surface area (Å²) in [5.41, 5.74) is 1.36. The number of aromatic carboxylic acids is 1. The summed E-state index contributed by atoms with van der Waals surface area (Å²) in [5, 5.41) is 9.33. The number of hydrogen-bond donors (Lipinski definition) is 1. The summed E-state index contributed by atoms with van der Waals surface area (Å²) in [6, 6.07) is 5.23. The molecule has 2 heterocycles. The molecule has 0 aliphatic carbocycles. The lowest BCUT2D eigenvalue weighted by Gasteiger charge is -2.32. The Labute approximate surface area is 150 Å². The van der Waals surface area contributed by atoms with E-state index in [4.69, 9.17) is 0 Å². The van der Waals surface area contributed by atoms with Crippen LogP contribution in [-0.2, 0) is 11.2 Å². The van der Waals surface area contributed by atoms with Gasteiger partial charge in [-0.05, 0) is 49.4 Å². The van der Waals surface area contributed by atoms with Crippen LogP contribution in [0.1, 0.15) is 35.8 Å². The predicted octanol–water partition coefficient (Wildman–Crippen LogP) is 2.78. The van der Waals surface area contributed by atoms with Crippen molar-refractivity contribution in [2.75, 3.05) is 13.1 Å². The third-order valence-corrected chi connectivity index (χ3v) is 4.67. The van der Waals surface area contributed by atoms with Gasteiger partial charge in [0.15, 0.2) is 0 Å². The minimum Gasteiger partial charge on any atom is -0.478 e. The molecule has 2 aromatic rings. The van der Waals surface area contributed by atoms with Gasteiger partial charge in [0.05, 0.1) is 11.3 Å². The van der Waals surface area contributed by atoms with Gasteiger partial charge in [0, 0.05) is 31.3 Å². The number of rotatable bonds is 4. The van der Waals surface area contributed by atoms with E-state index in [1.165, 1.54) is 18.5 Å². The van der Waals surface area contributed by atoms with Crippen molar-refractivity contribution in [2.45, 2.75) is 26.2 Å². The van der Waals surface area contributed by atoms with E-state index in [0.717, 1.165) is 31.1 Å². The quantitative estimate of drug-likeness (QED) is 0.910. The fraction of sp³-hybridized carbons (Fsp3) is 0.368. The molecule has 26 heavy (non-hydrogen) atoms. The largest absolute Gasteiger partial charge is 0.478 e. The first kappa shape index (κ1) is 18.0. The number of halogens is 1. The van der Waals surface area contributed by atoms with Crippen molar-refractivity contribution in [1.29, 1.82) is 0 Å². The van der Waals surface area contributed by atoms with Crippen molar-refractivity contribution < 1.29 is 19.1 Å². The van der Waals surface area contributed by atoms with Gasteiger partial charge in [0.25, 0.3) is 0 Å². The van der Waals surface area contributed by atoms with E-state index >= 15 is 0 Å². The monoisotopic (exact) mass is 357 g/mol. The third kappa shape index (κ3) is 4.04. The molecule has 1 fully saturated rings. The second-order valence-electron chi connectivity index (χ2n) is 6.57. The van der Waals surface area contributed by atoms with Gasteiger partial charge in [-0.1, -0.05) is 0 Å². The zero-order valence-corrected chi connectivity index (χ0v) is 14.5. The van der Waals surface area contributed by atoms with Crippen molar-refractivity contribution in [1.82, 2.24) is 14.9 Å². The summed E-state index contributed by atoms with van der Waals surface area (Å²) >= 11 is 0. The zero-order chi connectivity index (χ0) is 18.7. The van der Waals surface area contributed by atoms with Crippen molar-refractivity contribution in [3.05, 3.63) is 47.7 Å². The van der Waals surface area contributed by atoms with Crippen LogP contribution in [0.4, 0.5) is 4.39 Å². The van der Waals surface area contributed by atoms with Crippen molar-refractivity contribution in [3.63, 3.8) is 0 Å². The molecule has 0 saturated carbocycles. The normalized spacial score (nSPS) is 17.2. The molecule has 0 radical (unpaired) electrons. The van der Waals surface area contributed by atoms with Gasteiger partial charge in [-0.25, -0.2) is 19.2 Å². The Morgan fingerprint density at radius 1 is 1.31 bits per heavy atom. The van der Waals surface area contributed by atoms with Gasteiger partial charge in [-0.3, -0.25) is 4.79 Å². The van der Waals surface area contributed by atoms with Crippen LogP contribution in [0.5, 0.6) is 0 Å². The highest BCUT2D eigenvalue weighted by Gasteiger charge is 2.22. The molecule has 0 bridgehead atoms. The van der Waals surface area contributed by atoms with Crippen LogP contribution >= 0.6 is 0 Å². The lowest BCUT2D eigenvalue weighted by molar-refractivity contribution is -0.130. The van der Waals surface area contributed by atoms with E-state index in [1.54, 1.807) is 13.0 Å². The Bertz CT molecular complexity index is 841. The Balaban J connectivity index is 1.84. The lowest BCUT2D eigenvalue weighted by Crippen LogP contribution is -2.39. The molecule has 1 atom stereocenters. The van der Waals surface area contributed by atoms with Crippen LogP contribution in [0, 0.1) is 11.7 Å². The highest BCUT2D eigenvalue weighted by Crippen LogP contribution is 2.25. The number of nitrogens with zero attached hydrogens (tertiary/aromatic N) is 3. The number of carboxylic acid groups (broad SMARTS) is 1. The number of benzene rings is 1. The third-order valence-electron chi connectivity index (χ3n) is 4.67. The number of piperidine rings is 1. The van der Waals surface area contributed by atoms with Crippen molar-refractivity contribution >= 4 is 11.9 Å². The first-order valence-corrected chi connectivity index (χ1v) is 8.53. The number of carbonyl (C=O) groups is 2. The Morgan fingerprint density at radius 2 is 2.12 bits per heavy atom. The van der Waals surface area contributed by atoms with Crippen LogP contribution in [0.25, 0.3) is 11.3 Å². The Kier molecular flexibility index (Phi) is 5.25. The molecule has 0 unspecified atom stereocenters. The number of amides is 1. The van der Waals surface area contributed by atoms with Crippen molar-refractivity contribution in [2.24, 2.45) is 5.92 Å². The second kappa shape index (κ2) is 7.59. The molecule has 136 valence electrons. The van der Waals surface area contributed by atoms with Crippen LogP contribution in [-0.4, -0.2) is 44.9 Å². The first-order chi connectivity index (χ1) is 12.4. The van der Waals surface area contributed by atoms with E-state index in [1.807, 2.05) is 4.90 Å². The van der Waals surface area contributed by atoms with E-state index in [0.29, 0.717) is 24.6 Å². The average molecular weight is 357 g/mol. The molecule has 1 aromatic heterocycles. The summed E-state index contributed by atoms with van der Waals surface area (Å²) in [6.07, 6.45) is 3.99. The lowest BCUT2D eigenvalue weighted by atomic mass is 9.92. The Morgan fingerprint density at radius 3 is 2.85 bits per heavy atom. The van der Waals surface area contributed by atoms with Crippen LogP contribution < -0.4 is 0 Å². The average Bonchev–Trinajstić information content (AvgIpc) is 2.62. The van der Waals surface area contributed by atoms with Crippen LogP contribution in [0.2, 0.25) is 0 Å². The van der Waals surface area contributed by atoms with Gasteiger partial charge in [-0.15, -0.1) is 0 Å².